The molecule has 2 heterocycles. The number of aromatic nitrogens is 4. The highest BCUT2D eigenvalue weighted by atomic mass is 16.5. The van der Waals surface area contributed by atoms with E-state index in [1.807, 2.05) is 37.3 Å². The smallest absolute Gasteiger partial charge is 0.278 e. The zero-order chi connectivity index (χ0) is 22.0. The van der Waals surface area contributed by atoms with Gasteiger partial charge in [-0.2, -0.15) is 5.10 Å². The van der Waals surface area contributed by atoms with E-state index < -0.39 is 5.91 Å². The molecule has 2 aromatic carbocycles. The van der Waals surface area contributed by atoms with Crippen molar-refractivity contribution in [1.82, 2.24) is 19.8 Å². The van der Waals surface area contributed by atoms with Gasteiger partial charge in [0.25, 0.3) is 5.91 Å². The van der Waals surface area contributed by atoms with Crippen molar-refractivity contribution >= 4 is 17.2 Å². The number of anilines is 1. The summed E-state index contributed by atoms with van der Waals surface area (Å²) in [6, 6.07) is 15.1. The maximum atomic E-state index is 13.0. The lowest BCUT2D eigenvalue weighted by Gasteiger charge is -2.12. The van der Waals surface area contributed by atoms with Gasteiger partial charge in [0.1, 0.15) is 11.5 Å². The summed E-state index contributed by atoms with van der Waals surface area (Å²) >= 11 is 0. The molecule has 0 aliphatic rings. The Hall–Kier alpha value is -3.94. The van der Waals surface area contributed by atoms with Crippen molar-refractivity contribution in [3.8, 4) is 22.6 Å². The Morgan fingerprint density at radius 3 is 2.52 bits per heavy atom. The fourth-order valence-electron chi connectivity index (χ4n) is 3.50. The number of carbonyl (C=O) groups excluding carboxylic acids is 1. The van der Waals surface area contributed by atoms with Crippen molar-refractivity contribution in [2.45, 2.75) is 20.3 Å². The molecule has 31 heavy (non-hydrogen) atoms. The molecule has 0 aliphatic carbocycles. The molecule has 8 nitrogen and oxygen atoms in total. The molecule has 0 unspecified atom stereocenters. The summed E-state index contributed by atoms with van der Waals surface area (Å²) in [6.45, 7) is 3.85. The van der Waals surface area contributed by atoms with Crippen molar-refractivity contribution in [2.24, 2.45) is 0 Å². The van der Waals surface area contributed by atoms with Crippen LogP contribution in [-0.4, -0.2) is 39.9 Å². The molecule has 0 spiro atoms. The fourth-order valence-corrected chi connectivity index (χ4v) is 3.50. The Balaban J connectivity index is 1.76. The lowest BCUT2D eigenvalue weighted by Crippen LogP contribution is -2.19. The number of hydrogen-bond donors (Lipinski definition) is 1. The zero-order valence-electron chi connectivity index (χ0n) is 17.8. The van der Waals surface area contributed by atoms with E-state index in [-0.39, 0.29) is 5.69 Å². The minimum absolute atomic E-state index is 0.183. The van der Waals surface area contributed by atoms with Crippen LogP contribution in [0.25, 0.3) is 16.8 Å². The monoisotopic (exact) mass is 417 g/mol. The summed E-state index contributed by atoms with van der Waals surface area (Å²) in [4.78, 5) is 13.0. The van der Waals surface area contributed by atoms with Crippen LogP contribution in [0.1, 0.15) is 28.8 Å². The molecule has 0 saturated carbocycles. The van der Waals surface area contributed by atoms with Gasteiger partial charge in [-0.3, -0.25) is 4.79 Å². The number of rotatable bonds is 6. The third-order valence-electron chi connectivity index (χ3n) is 5.11. The highest BCUT2D eigenvalue weighted by Crippen LogP contribution is 2.30. The van der Waals surface area contributed by atoms with Crippen LogP contribution in [0, 0.1) is 6.92 Å². The van der Waals surface area contributed by atoms with E-state index in [1.54, 1.807) is 36.7 Å². The number of aryl methyl sites for hydroxylation is 2. The number of carbonyl (C=O) groups is 1. The van der Waals surface area contributed by atoms with Gasteiger partial charge in [0.15, 0.2) is 11.3 Å². The van der Waals surface area contributed by atoms with Crippen LogP contribution in [0.3, 0.4) is 0 Å². The third kappa shape index (κ3) is 3.68. The van der Waals surface area contributed by atoms with Crippen molar-refractivity contribution < 1.29 is 14.3 Å². The van der Waals surface area contributed by atoms with Crippen LogP contribution in [0.2, 0.25) is 0 Å². The second kappa shape index (κ2) is 8.43. The standard InChI is InChI=1S/C23H23N5O3/c1-5-17-20(15-9-7-6-8-10-15)22-26-25-21(14(2)28(22)27-17)23(29)24-18-13-16(30-3)11-12-19(18)31-4/h6-13H,5H2,1-4H3,(H,24,29). The quantitative estimate of drug-likeness (QED) is 0.511. The first-order valence-electron chi connectivity index (χ1n) is 9.91. The topological polar surface area (TPSA) is 90.6 Å². The van der Waals surface area contributed by atoms with Crippen molar-refractivity contribution in [2.75, 3.05) is 19.5 Å². The second-order valence-corrected chi connectivity index (χ2v) is 6.93. The van der Waals surface area contributed by atoms with Crippen LogP contribution < -0.4 is 14.8 Å². The third-order valence-corrected chi connectivity index (χ3v) is 5.11. The average molecular weight is 417 g/mol. The summed E-state index contributed by atoms with van der Waals surface area (Å²) in [5.74, 6) is 0.703. The highest BCUT2D eigenvalue weighted by Gasteiger charge is 2.22. The minimum Gasteiger partial charge on any atom is -0.497 e. The first kappa shape index (κ1) is 20.3. The summed E-state index contributed by atoms with van der Waals surface area (Å²) in [6.07, 6.45) is 0.732. The normalized spacial score (nSPS) is 10.8. The van der Waals surface area contributed by atoms with Gasteiger partial charge in [0.05, 0.1) is 36.9 Å². The van der Waals surface area contributed by atoms with E-state index >= 15 is 0 Å². The van der Waals surface area contributed by atoms with Gasteiger partial charge >= 0.3 is 0 Å². The maximum absolute atomic E-state index is 13.0. The number of benzene rings is 2. The van der Waals surface area contributed by atoms with Crippen LogP contribution >= 0.6 is 0 Å². The Morgan fingerprint density at radius 2 is 1.84 bits per heavy atom. The van der Waals surface area contributed by atoms with Gasteiger partial charge in [-0.1, -0.05) is 37.3 Å². The van der Waals surface area contributed by atoms with Crippen LogP contribution in [0.5, 0.6) is 11.5 Å². The molecule has 1 amide bonds. The molecule has 4 aromatic rings. The molecule has 4 rings (SSSR count). The Bertz CT molecular complexity index is 1250. The molecule has 0 radical (unpaired) electrons. The predicted molar refractivity (Wildman–Crippen MR) is 118 cm³/mol. The molecule has 0 aliphatic heterocycles. The molecule has 0 fully saturated rings. The van der Waals surface area contributed by atoms with Gasteiger partial charge < -0.3 is 14.8 Å². The van der Waals surface area contributed by atoms with Crippen LogP contribution in [0.4, 0.5) is 5.69 Å². The number of fused-ring (bicyclic) bond motifs is 1. The zero-order valence-corrected chi connectivity index (χ0v) is 17.8. The van der Waals surface area contributed by atoms with Crippen molar-refractivity contribution in [1.29, 1.82) is 0 Å². The Labute approximate surface area is 179 Å². The largest absolute Gasteiger partial charge is 0.497 e. The van der Waals surface area contributed by atoms with E-state index in [9.17, 15) is 4.79 Å². The van der Waals surface area contributed by atoms with E-state index in [1.165, 1.54) is 7.11 Å². The number of nitrogens with zero attached hydrogens (tertiary/aromatic N) is 4. The SMILES string of the molecule is CCc1nn2c(C)c(C(=O)Nc3cc(OC)ccc3OC)nnc2c1-c1ccccc1. The van der Waals surface area contributed by atoms with Gasteiger partial charge in [-0.25, -0.2) is 4.52 Å². The predicted octanol–water partition coefficient (Wildman–Crippen LogP) is 3.93. The summed E-state index contributed by atoms with van der Waals surface area (Å²) in [5.41, 5.74) is 4.73. The molecule has 0 atom stereocenters. The second-order valence-electron chi connectivity index (χ2n) is 6.93. The molecule has 0 bridgehead atoms. The van der Waals surface area contributed by atoms with Crippen LogP contribution in [0.15, 0.2) is 48.5 Å². The van der Waals surface area contributed by atoms with E-state index in [0.717, 1.165) is 23.2 Å². The van der Waals surface area contributed by atoms with E-state index in [0.29, 0.717) is 28.5 Å². The highest BCUT2D eigenvalue weighted by molar-refractivity contribution is 6.04. The number of nitrogens with one attached hydrogen (secondary N) is 1. The summed E-state index contributed by atoms with van der Waals surface area (Å²) in [5, 5.41) is 16.1. The van der Waals surface area contributed by atoms with Crippen LogP contribution in [-0.2, 0) is 6.42 Å². The Kier molecular flexibility index (Phi) is 5.53. The maximum Gasteiger partial charge on any atom is 0.278 e. The van der Waals surface area contributed by atoms with Gasteiger partial charge in [-0.15, -0.1) is 10.2 Å². The average Bonchev–Trinajstić information content (AvgIpc) is 3.19. The molecule has 8 heteroatoms. The minimum atomic E-state index is -0.409. The molecular weight excluding hydrogens is 394 g/mol. The summed E-state index contributed by atoms with van der Waals surface area (Å²) in [7, 11) is 3.10. The van der Waals surface area contributed by atoms with Crippen molar-refractivity contribution in [3.05, 3.63) is 65.6 Å². The Morgan fingerprint density at radius 1 is 1.06 bits per heavy atom. The van der Waals surface area contributed by atoms with E-state index in [2.05, 4.69) is 15.5 Å². The van der Waals surface area contributed by atoms with E-state index in [4.69, 9.17) is 14.6 Å². The fraction of sp³-hybridized carbons (Fsp3) is 0.217. The lowest BCUT2D eigenvalue weighted by atomic mass is 10.0. The number of methoxy groups -OCH3 is 2. The number of ether oxygens (including phenoxy) is 2. The molecular formula is C23H23N5O3. The molecule has 0 saturated heterocycles. The molecule has 158 valence electrons. The molecule has 1 N–H and O–H groups in total. The lowest BCUT2D eigenvalue weighted by molar-refractivity contribution is 0.101. The molecule has 2 aromatic heterocycles. The first-order valence-corrected chi connectivity index (χ1v) is 9.91. The van der Waals surface area contributed by atoms with Gasteiger partial charge in [-0.05, 0) is 31.0 Å². The first-order chi connectivity index (χ1) is 15.1. The van der Waals surface area contributed by atoms with Crippen molar-refractivity contribution in [3.63, 3.8) is 0 Å². The number of hydrogen-bond acceptors (Lipinski definition) is 6. The number of amides is 1. The summed E-state index contributed by atoms with van der Waals surface area (Å²) < 4.78 is 12.3. The van der Waals surface area contributed by atoms with Gasteiger partial charge in [0, 0.05) is 6.07 Å². The van der Waals surface area contributed by atoms with Gasteiger partial charge in [0.2, 0.25) is 0 Å².